The predicted octanol–water partition coefficient (Wildman–Crippen LogP) is 4.86. The fourth-order valence-electron chi connectivity index (χ4n) is 2.95. The second-order valence-electron chi connectivity index (χ2n) is 6.17. The summed E-state index contributed by atoms with van der Waals surface area (Å²) in [5.74, 6) is 2.40. The van der Waals surface area contributed by atoms with Crippen molar-refractivity contribution >= 4 is 11.3 Å². The zero-order valence-electron chi connectivity index (χ0n) is 16.4. The van der Waals surface area contributed by atoms with Crippen LogP contribution in [0.2, 0.25) is 0 Å². The number of rotatable bonds is 6. The molecule has 0 N–H and O–H groups in total. The molecule has 8 heteroatoms. The van der Waals surface area contributed by atoms with Gasteiger partial charge in [0.25, 0.3) is 5.89 Å². The van der Waals surface area contributed by atoms with E-state index >= 15 is 0 Å². The molecule has 0 aliphatic rings. The molecule has 7 nitrogen and oxygen atoms in total. The fraction of sp³-hybridized carbons (Fsp3) is 0.190. The van der Waals surface area contributed by atoms with Gasteiger partial charge in [-0.3, -0.25) is 0 Å². The van der Waals surface area contributed by atoms with E-state index in [9.17, 15) is 0 Å². The third kappa shape index (κ3) is 3.66. The first-order valence-electron chi connectivity index (χ1n) is 8.80. The maximum absolute atomic E-state index is 5.47. The molecule has 0 fully saturated rings. The van der Waals surface area contributed by atoms with E-state index in [1.54, 1.807) is 44.8 Å². The molecule has 2 heterocycles. The van der Waals surface area contributed by atoms with E-state index in [-0.39, 0.29) is 0 Å². The molecule has 0 saturated heterocycles. The summed E-state index contributed by atoms with van der Waals surface area (Å²) in [5, 5.41) is 7.19. The average molecular weight is 409 g/mol. The summed E-state index contributed by atoms with van der Waals surface area (Å²) in [6.45, 7) is 1.99. The quantitative estimate of drug-likeness (QED) is 0.450. The normalized spacial score (nSPS) is 10.8. The first kappa shape index (κ1) is 18.9. The van der Waals surface area contributed by atoms with E-state index in [1.807, 2.05) is 36.6 Å². The lowest BCUT2D eigenvalue weighted by atomic mass is 10.1. The van der Waals surface area contributed by atoms with Gasteiger partial charge >= 0.3 is 0 Å². The van der Waals surface area contributed by atoms with Gasteiger partial charge in [-0.15, -0.1) is 11.3 Å². The molecular formula is C21H19N3O4S. The van der Waals surface area contributed by atoms with Crippen molar-refractivity contribution in [3.63, 3.8) is 0 Å². The van der Waals surface area contributed by atoms with Crippen LogP contribution < -0.4 is 14.2 Å². The molecular weight excluding hydrogens is 390 g/mol. The lowest BCUT2D eigenvalue weighted by Crippen LogP contribution is -1.95. The molecule has 0 spiro atoms. The Morgan fingerprint density at radius 1 is 0.828 bits per heavy atom. The molecule has 4 rings (SSSR count). The van der Waals surface area contributed by atoms with E-state index in [4.69, 9.17) is 18.7 Å². The first-order valence-corrected chi connectivity index (χ1v) is 9.68. The number of aromatic nitrogens is 3. The summed E-state index contributed by atoms with van der Waals surface area (Å²) < 4.78 is 21.6. The molecule has 148 valence electrons. The number of nitrogens with zero attached hydrogens (tertiary/aromatic N) is 3. The molecule has 0 bridgehead atoms. The lowest BCUT2D eigenvalue weighted by molar-refractivity contribution is 0.324. The van der Waals surface area contributed by atoms with Crippen molar-refractivity contribution in [2.24, 2.45) is 0 Å². The molecule has 0 unspecified atom stereocenters. The van der Waals surface area contributed by atoms with Gasteiger partial charge < -0.3 is 18.7 Å². The van der Waals surface area contributed by atoms with Crippen LogP contribution in [0, 0.1) is 6.92 Å². The van der Waals surface area contributed by atoms with Crippen LogP contribution >= 0.6 is 11.3 Å². The highest BCUT2D eigenvalue weighted by molar-refractivity contribution is 7.09. The van der Waals surface area contributed by atoms with Crippen LogP contribution in [0.15, 0.2) is 46.3 Å². The van der Waals surface area contributed by atoms with Crippen molar-refractivity contribution in [2.45, 2.75) is 6.92 Å². The summed E-state index contributed by atoms with van der Waals surface area (Å²) in [7, 11) is 4.68. The second-order valence-corrected chi connectivity index (χ2v) is 7.23. The van der Waals surface area contributed by atoms with Crippen LogP contribution in [0.4, 0.5) is 0 Å². The minimum atomic E-state index is 0.360. The number of hydrogen-bond donors (Lipinski definition) is 0. The number of thiazole rings is 1. The Balaban J connectivity index is 1.65. The predicted molar refractivity (Wildman–Crippen MR) is 111 cm³/mol. The van der Waals surface area contributed by atoms with Crippen LogP contribution in [-0.4, -0.2) is 36.5 Å². The Labute approximate surface area is 171 Å². The van der Waals surface area contributed by atoms with E-state index in [0.29, 0.717) is 34.5 Å². The van der Waals surface area contributed by atoms with Gasteiger partial charge in [0.05, 0.1) is 32.0 Å². The summed E-state index contributed by atoms with van der Waals surface area (Å²) in [6.07, 6.45) is 0. The van der Waals surface area contributed by atoms with E-state index in [0.717, 1.165) is 21.8 Å². The zero-order valence-corrected chi connectivity index (χ0v) is 17.2. The molecule has 0 atom stereocenters. The molecule has 0 radical (unpaired) electrons. The first-order chi connectivity index (χ1) is 14.1. The molecule has 0 aliphatic carbocycles. The van der Waals surface area contributed by atoms with Crippen molar-refractivity contribution in [2.75, 3.05) is 21.3 Å². The fourth-order valence-corrected chi connectivity index (χ4v) is 3.57. The smallest absolute Gasteiger partial charge is 0.258 e. The third-order valence-electron chi connectivity index (χ3n) is 4.40. The lowest BCUT2D eigenvalue weighted by Gasteiger charge is -2.12. The van der Waals surface area contributed by atoms with E-state index in [1.165, 1.54) is 0 Å². The van der Waals surface area contributed by atoms with Gasteiger partial charge in [-0.05, 0) is 19.1 Å². The molecule has 2 aromatic heterocycles. The molecule has 4 aromatic rings. The average Bonchev–Trinajstić information content (AvgIpc) is 3.42. The molecule has 0 saturated carbocycles. The summed E-state index contributed by atoms with van der Waals surface area (Å²) in [6, 6.07) is 11.4. The maximum Gasteiger partial charge on any atom is 0.258 e. The van der Waals surface area contributed by atoms with Crippen LogP contribution in [0.3, 0.4) is 0 Å². The monoisotopic (exact) mass is 409 g/mol. The van der Waals surface area contributed by atoms with Crippen molar-refractivity contribution in [1.82, 2.24) is 15.1 Å². The highest BCUT2D eigenvalue weighted by Crippen LogP contribution is 2.41. The van der Waals surface area contributed by atoms with Gasteiger partial charge in [-0.2, -0.15) is 4.98 Å². The van der Waals surface area contributed by atoms with Crippen molar-refractivity contribution < 1.29 is 18.7 Å². The number of benzene rings is 2. The van der Waals surface area contributed by atoms with Crippen LogP contribution in [0.1, 0.15) is 5.01 Å². The SMILES string of the molecule is COc1cc(-c2nc(-c3ccc(-c4csc(C)n4)cc3)no2)cc(OC)c1OC. The van der Waals surface area contributed by atoms with Gasteiger partial charge in [0.2, 0.25) is 11.6 Å². The topological polar surface area (TPSA) is 79.5 Å². The Morgan fingerprint density at radius 3 is 2.03 bits per heavy atom. The van der Waals surface area contributed by atoms with Crippen molar-refractivity contribution in [3.8, 4) is 51.3 Å². The summed E-state index contributed by atoms with van der Waals surface area (Å²) in [4.78, 5) is 9.03. The number of aryl methyl sites for hydroxylation is 1. The molecule has 29 heavy (non-hydrogen) atoms. The summed E-state index contributed by atoms with van der Waals surface area (Å²) >= 11 is 1.63. The largest absolute Gasteiger partial charge is 0.493 e. The van der Waals surface area contributed by atoms with Crippen LogP contribution in [-0.2, 0) is 0 Å². The van der Waals surface area contributed by atoms with Gasteiger partial charge in [-0.1, -0.05) is 29.4 Å². The number of methoxy groups -OCH3 is 3. The van der Waals surface area contributed by atoms with Gasteiger partial charge in [-0.25, -0.2) is 4.98 Å². The highest BCUT2D eigenvalue weighted by Gasteiger charge is 2.18. The second kappa shape index (κ2) is 7.92. The Morgan fingerprint density at radius 2 is 1.48 bits per heavy atom. The molecule has 0 amide bonds. The van der Waals surface area contributed by atoms with Gasteiger partial charge in [0, 0.05) is 22.1 Å². The molecule has 2 aromatic carbocycles. The standard InChI is InChI=1S/C21H19N3O4S/c1-12-22-16(11-29-12)13-5-7-14(8-6-13)20-23-21(28-24-20)15-9-17(25-2)19(27-4)18(10-15)26-3/h5-11H,1-4H3. The third-order valence-corrected chi connectivity index (χ3v) is 5.17. The van der Waals surface area contributed by atoms with Gasteiger partial charge in [0.1, 0.15) is 0 Å². The summed E-state index contributed by atoms with van der Waals surface area (Å²) in [5.41, 5.74) is 3.53. The highest BCUT2D eigenvalue weighted by atomic mass is 32.1. The van der Waals surface area contributed by atoms with Crippen molar-refractivity contribution in [1.29, 1.82) is 0 Å². The molecule has 0 aliphatic heterocycles. The Bertz CT molecular complexity index is 1110. The Kier molecular flexibility index (Phi) is 5.18. The number of hydrogen-bond acceptors (Lipinski definition) is 8. The van der Waals surface area contributed by atoms with Crippen LogP contribution in [0.25, 0.3) is 34.1 Å². The minimum absolute atomic E-state index is 0.360. The van der Waals surface area contributed by atoms with Gasteiger partial charge in [0.15, 0.2) is 11.5 Å². The van der Waals surface area contributed by atoms with E-state index < -0.39 is 0 Å². The number of ether oxygens (including phenoxy) is 3. The van der Waals surface area contributed by atoms with E-state index in [2.05, 4.69) is 15.1 Å². The Hall–Kier alpha value is -3.39. The minimum Gasteiger partial charge on any atom is -0.493 e. The zero-order chi connectivity index (χ0) is 20.4. The van der Waals surface area contributed by atoms with Crippen molar-refractivity contribution in [3.05, 3.63) is 46.8 Å². The maximum atomic E-state index is 5.47. The van der Waals surface area contributed by atoms with Crippen LogP contribution in [0.5, 0.6) is 17.2 Å².